The minimum Gasteiger partial charge on any atom is -0.467 e. The highest BCUT2D eigenvalue weighted by Crippen LogP contribution is 1.82. The van der Waals surface area contributed by atoms with Gasteiger partial charge < -0.3 is 15.2 Å². The van der Waals surface area contributed by atoms with E-state index >= 15 is 0 Å². The Kier molecular flexibility index (Phi) is 4.23. The second-order valence-electron chi connectivity index (χ2n) is 1.57. The lowest BCUT2D eigenvalue weighted by molar-refractivity contribution is -0.150. The molecule has 0 aliphatic carbocycles. The zero-order valence-electron chi connectivity index (χ0n) is 5.53. The molecule has 0 radical (unpaired) electrons. The molecule has 2 N–H and O–H groups in total. The number of hydrogen-bond acceptors (Lipinski definition) is 4. The third-order valence-corrected chi connectivity index (χ3v) is 0.868. The molecule has 58 valence electrons. The minimum absolute atomic E-state index is 0.115. The van der Waals surface area contributed by atoms with Gasteiger partial charge in [0.15, 0.2) is 6.10 Å². The molecule has 5 heteroatoms. The smallest absolute Gasteiger partial charge is 0.336 e. The van der Waals surface area contributed by atoms with Gasteiger partial charge in [-0.3, -0.25) is 4.79 Å². The van der Waals surface area contributed by atoms with Crippen molar-refractivity contribution in [2.45, 2.75) is 6.10 Å². The summed E-state index contributed by atoms with van der Waals surface area (Å²) < 4.78 is 4.16. The van der Waals surface area contributed by atoms with Gasteiger partial charge in [-0.05, 0) is 0 Å². The molecule has 0 saturated carbocycles. The zero-order chi connectivity index (χ0) is 7.98. The summed E-state index contributed by atoms with van der Waals surface area (Å²) in [6.45, 7) is -0.115. The summed E-state index contributed by atoms with van der Waals surface area (Å²) in [6, 6.07) is 0. The largest absolute Gasteiger partial charge is 0.467 e. The number of nitrogens with one attached hydrogen (secondary N) is 1. The summed E-state index contributed by atoms with van der Waals surface area (Å²) in [6.07, 6.45) is -0.873. The zero-order valence-corrected chi connectivity index (χ0v) is 5.53. The van der Waals surface area contributed by atoms with Gasteiger partial charge in [0.2, 0.25) is 6.41 Å². The van der Waals surface area contributed by atoms with Crippen LogP contribution in [0.1, 0.15) is 0 Å². The Morgan fingerprint density at radius 2 is 2.50 bits per heavy atom. The quantitative estimate of drug-likeness (QED) is 0.366. The molecule has 0 aromatic rings. The summed E-state index contributed by atoms with van der Waals surface area (Å²) in [7, 11) is 1.16. The molecule has 0 saturated heterocycles. The number of carbonyl (C=O) groups is 2. The van der Waals surface area contributed by atoms with Crippen molar-refractivity contribution >= 4 is 12.4 Å². The maximum atomic E-state index is 10.4. The molecule has 0 aromatic carbocycles. The van der Waals surface area contributed by atoms with Crippen molar-refractivity contribution in [1.29, 1.82) is 0 Å². The third-order valence-electron chi connectivity index (χ3n) is 0.868. The average molecular weight is 147 g/mol. The fourth-order valence-electron chi connectivity index (χ4n) is 0.379. The van der Waals surface area contributed by atoms with Gasteiger partial charge >= 0.3 is 5.97 Å². The van der Waals surface area contributed by atoms with Crippen LogP contribution in [0.2, 0.25) is 0 Å². The number of aliphatic hydroxyl groups is 1. The van der Waals surface area contributed by atoms with Crippen molar-refractivity contribution in [1.82, 2.24) is 5.32 Å². The molecule has 0 aromatic heterocycles. The number of hydrogen-bond donors (Lipinski definition) is 2. The lowest BCUT2D eigenvalue weighted by atomic mass is 10.4. The molecule has 0 rings (SSSR count). The van der Waals surface area contributed by atoms with Crippen LogP contribution in [-0.4, -0.2) is 37.2 Å². The normalized spacial score (nSPS) is 11.8. The summed E-state index contributed by atoms with van der Waals surface area (Å²) in [5.41, 5.74) is 0. The molecule has 10 heavy (non-hydrogen) atoms. The lowest BCUT2D eigenvalue weighted by Gasteiger charge is -2.05. The number of ether oxygens (including phenoxy) is 1. The van der Waals surface area contributed by atoms with Crippen molar-refractivity contribution < 1.29 is 19.4 Å². The highest BCUT2D eigenvalue weighted by molar-refractivity contribution is 5.74. The second-order valence-corrected chi connectivity index (χ2v) is 1.57. The van der Waals surface area contributed by atoms with Crippen LogP contribution in [0.4, 0.5) is 0 Å². The van der Waals surface area contributed by atoms with E-state index in [0.717, 1.165) is 7.11 Å². The molecule has 5 nitrogen and oxygen atoms in total. The monoisotopic (exact) mass is 147 g/mol. The maximum Gasteiger partial charge on any atom is 0.336 e. The molecular formula is C5H9NO4. The maximum absolute atomic E-state index is 10.4. The number of carbonyl (C=O) groups excluding carboxylic acids is 2. The Balaban J connectivity index is 3.50. The number of esters is 1. The van der Waals surface area contributed by atoms with Gasteiger partial charge in [0, 0.05) is 0 Å². The predicted octanol–water partition coefficient (Wildman–Crippen LogP) is -1.73. The fourth-order valence-corrected chi connectivity index (χ4v) is 0.379. The van der Waals surface area contributed by atoms with Gasteiger partial charge in [0.1, 0.15) is 0 Å². The molecule has 1 unspecified atom stereocenters. The topological polar surface area (TPSA) is 75.6 Å². The van der Waals surface area contributed by atoms with E-state index in [1.807, 2.05) is 0 Å². The average Bonchev–Trinajstić information content (AvgIpc) is 1.98. The molecule has 0 bridgehead atoms. The first-order chi connectivity index (χ1) is 4.72. The molecule has 1 atom stereocenters. The van der Waals surface area contributed by atoms with Gasteiger partial charge in [0.05, 0.1) is 13.7 Å². The Morgan fingerprint density at radius 1 is 1.90 bits per heavy atom. The van der Waals surface area contributed by atoms with Crippen LogP contribution in [0.25, 0.3) is 0 Å². The predicted molar refractivity (Wildman–Crippen MR) is 32.1 cm³/mol. The SMILES string of the molecule is COC(=O)C(O)CNC=O. The Hall–Kier alpha value is -1.10. The standard InChI is InChI=1S/C5H9NO4/c1-10-5(9)4(8)2-6-3-7/h3-4,8H,2H2,1H3,(H,6,7). The summed E-state index contributed by atoms with van der Waals surface area (Å²) in [5, 5.41) is 10.9. The fraction of sp³-hybridized carbons (Fsp3) is 0.600. The third kappa shape index (κ3) is 3.03. The van der Waals surface area contributed by atoms with Gasteiger partial charge in [-0.2, -0.15) is 0 Å². The Bertz CT molecular complexity index is 125. The molecular weight excluding hydrogens is 138 g/mol. The number of aliphatic hydroxyl groups excluding tert-OH is 1. The van der Waals surface area contributed by atoms with E-state index in [1.165, 1.54) is 0 Å². The van der Waals surface area contributed by atoms with E-state index in [9.17, 15) is 9.59 Å². The summed E-state index contributed by atoms with van der Waals surface area (Å²) >= 11 is 0. The number of amides is 1. The number of methoxy groups -OCH3 is 1. The van der Waals surface area contributed by atoms with Crippen molar-refractivity contribution in [2.24, 2.45) is 0 Å². The molecule has 0 fully saturated rings. The van der Waals surface area contributed by atoms with Crippen LogP contribution in [0.15, 0.2) is 0 Å². The minimum atomic E-state index is -1.27. The van der Waals surface area contributed by atoms with E-state index in [-0.39, 0.29) is 6.54 Å². The number of rotatable bonds is 4. The van der Waals surface area contributed by atoms with Crippen LogP contribution in [0.3, 0.4) is 0 Å². The molecule has 1 amide bonds. The molecule has 0 aliphatic rings. The van der Waals surface area contributed by atoms with Gasteiger partial charge in [-0.1, -0.05) is 0 Å². The molecule has 0 spiro atoms. The lowest BCUT2D eigenvalue weighted by Crippen LogP contribution is -2.33. The highest BCUT2D eigenvalue weighted by Gasteiger charge is 2.13. The second kappa shape index (κ2) is 4.75. The van der Waals surface area contributed by atoms with Crippen LogP contribution >= 0.6 is 0 Å². The van der Waals surface area contributed by atoms with Gasteiger partial charge in [-0.25, -0.2) is 4.79 Å². The molecule has 0 aliphatic heterocycles. The van der Waals surface area contributed by atoms with Crippen molar-refractivity contribution in [3.8, 4) is 0 Å². The summed E-state index contributed by atoms with van der Waals surface area (Å²) in [5.74, 6) is -0.755. The first-order valence-electron chi connectivity index (χ1n) is 2.65. The van der Waals surface area contributed by atoms with Crippen LogP contribution in [-0.2, 0) is 14.3 Å². The first-order valence-corrected chi connectivity index (χ1v) is 2.65. The van der Waals surface area contributed by atoms with Crippen LogP contribution in [0.5, 0.6) is 0 Å². The van der Waals surface area contributed by atoms with Crippen molar-refractivity contribution in [2.75, 3.05) is 13.7 Å². The van der Waals surface area contributed by atoms with E-state index in [2.05, 4.69) is 10.1 Å². The Morgan fingerprint density at radius 3 is 2.90 bits per heavy atom. The van der Waals surface area contributed by atoms with Gasteiger partial charge in [0.25, 0.3) is 0 Å². The molecule has 0 heterocycles. The Labute approximate surface area is 58.0 Å². The van der Waals surface area contributed by atoms with E-state index in [1.54, 1.807) is 0 Å². The van der Waals surface area contributed by atoms with Gasteiger partial charge in [-0.15, -0.1) is 0 Å². The van der Waals surface area contributed by atoms with Crippen LogP contribution in [0, 0.1) is 0 Å². The summed E-state index contributed by atoms with van der Waals surface area (Å²) in [4.78, 5) is 20.0. The van der Waals surface area contributed by atoms with Crippen molar-refractivity contribution in [3.05, 3.63) is 0 Å². The van der Waals surface area contributed by atoms with E-state index in [4.69, 9.17) is 5.11 Å². The van der Waals surface area contributed by atoms with Crippen molar-refractivity contribution in [3.63, 3.8) is 0 Å². The van der Waals surface area contributed by atoms with E-state index < -0.39 is 12.1 Å². The first kappa shape index (κ1) is 8.90. The van der Waals surface area contributed by atoms with Crippen LogP contribution < -0.4 is 5.32 Å². The highest BCUT2D eigenvalue weighted by atomic mass is 16.5. The van der Waals surface area contributed by atoms with E-state index in [0.29, 0.717) is 6.41 Å².